The van der Waals surface area contributed by atoms with Crippen molar-refractivity contribution >= 4 is 28.6 Å². The largest absolute Gasteiger partial charge is 0.468 e. The Hall–Kier alpha value is -1.55. The summed E-state index contributed by atoms with van der Waals surface area (Å²) in [6.45, 7) is 3.87. The van der Waals surface area contributed by atoms with E-state index in [0.717, 1.165) is 15.9 Å². The molecule has 0 N–H and O–H groups in total. The molecule has 0 aliphatic carbocycles. The molecule has 1 aromatic carbocycles. The van der Waals surface area contributed by atoms with Crippen LogP contribution in [-0.4, -0.2) is 23.3 Å². The van der Waals surface area contributed by atoms with Crippen LogP contribution in [-0.2, 0) is 9.53 Å². The van der Waals surface area contributed by atoms with E-state index in [1.807, 2.05) is 31.2 Å². The van der Waals surface area contributed by atoms with Crippen LogP contribution in [0, 0.1) is 6.92 Å². The summed E-state index contributed by atoms with van der Waals surface area (Å²) in [5, 5.41) is 1.75. The fraction of sp³-hybridized carbons (Fsp3) is 0.286. The van der Waals surface area contributed by atoms with Gasteiger partial charge in [-0.25, -0.2) is 4.98 Å². The summed E-state index contributed by atoms with van der Waals surface area (Å²) in [5.74, 6) is -0.229. The number of thioether (sulfide) groups is 1. The number of rotatable bonds is 3. The number of aromatic nitrogens is 1. The molecule has 3 nitrogen and oxygen atoms in total. The van der Waals surface area contributed by atoms with Gasteiger partial charge < -0.3 is 4.74 Å². The molecule has 0 unspecified atom stereocenters. The third kappa shape index (κ3) is 2.64. The van der Waals surface area contributed by atoms with Crippen LogP contribution in [0.3, 0.4) is 0 Å². The smallest absolute Gasteiger partial charge is 0.318 e. The average Bonchev–Trinajstić information content (AvgIpc) is 2.37. The molecule has 94 valence electrons. The fourth-order valence-corrected chi connectivity index (χ4v) is 2.72. The lowest BCUT2D eigenvalue weighted by Gasteiger charge is -2.10. The number of hydrogen-bond acceptors (Lipinski definition) is 4. The van der Waals surface area contributed by atoms with Crippen molar-refractivity contribution < 1.29 is 9.53 Å². The SMILES string of the molecule is COC(=O)[C@@H](C)Sc1cc(C)c2ccccc2n1. The van der Waals surface area contributed by atoms with Gasteiger partial charge in [0.25, 0.3) is 0 Å². The van der Waals surface area contributed by atoms with Crippen LogP contribution in [0.25, 0.3) is 10.9 Å². The topological polar surface area (TPSA) is 39.2 Å². The van der Waals surface area contributed by atoms with Gasteiger partial charge in [-0.1, -0.05) is 30.0 Å². The van der Waals surface area contributed by atoms with Crippen molar-refractivity contribution in [3.8, 4) is 0 Å². The van der Waals surface area contributed by atoms with Crippen LogP contribution < -0.4 is 0 Å². The highest BCUT2D eigenvalue weighted by molar-refractivity contribution is 8.00. The summed E-state index contributed by atoms with van der Waals surface area (Å²) < 4.78 is 4.71. The van der Waals surface area contributed by atoms with Gasteiger partial charge in [0, 0.05) is 5.39 Å². The molecule has 1 aromatic heterocycles. The van der Waals surface area contributed by atoms with Crippen LogP contribution in [0.4, 0.5) is 0 Å². The molecule has 0 bridgehead atoms. The number of carbonyl (C=O) groups excluding carboxylic acids is 1. The number of carbonyl (C=O) groups is 1. The number of nitrogens with zero attached hydrogens (tertiary/aromatic N) is 1. The minimum absolute atomic E-state index is 0.229. The zero-order chi connectivity index (χ0) is 13.1. The third-order valence-electron chi connectivity index (χ3n) is 2.73. The number of para-hydroxylation sites is 1. The Labute approximate surface area is 111 Å². The van der Waals surface area contributed by atoms with Gasteiger partial charge in [0.15, 0.2) is 0 Å². The summed E-state index contributed by atoms with van der Waals surface area (Å²) in [7, 11) is 1.40. The minimum atomic E-state index is -0.247. The van der Waals surface area contributed by atoms with E-state index in [0.29, 0.717) is 0 Å². The molecule has 0 saturated heterocycles. The monoisotopic (exact) mass is 261 g/mol. The Morgan fingerprint density at radius 1 is 1.39 bits per heavy atom. The normalized spacial score (nSPS) is 12.4. The van der Waals surface area contributed by atoms with Crippen LogP contribution in [0.15, 0.2) is 35.4 Å². The molecule has 0 saturated carbocycles. The fourth-order valence-electron chi connectivity index (χ4n) is 1.77. The van der Waals surface area contributed by atoms with Crippen molar-refractivity contribution in [1.29, 1.82) is 0 Å². The number of hydrogen-bond donors (Lipinski definition) is 0. The molecule has 1 heterocycles. The van der Waals surface area contributed by atoms with Crippen molar-refractivity contribution in [2.45, 2.75) is 24.1 Å². The standard InChI is InChI=1S/C14H15NO2S/c1-9-8-13(18-10(2)14(16)17-3)15-12-7-5-4-6-11(9)12/h4-8,10H,1-3H3/t10-/m1/s1. The first kappa shape index (κ1) is 12.9. The first-order valence-electron chi connectivity index (χ1n) is 5.72. The first-order chi connectivity index (χ1) is 8.61. The van der Waals surface area contributed by atoms with Gasteiger partial charge in [0.2, 0.25) is 0 Å². The van der Waals surface area contributed by atoms with E-state index in [1.54, 1.807) is 0 Å². The average molecular weight is 261 g/mol. The number of aryl methyl sites for hydroxylation is 1. The maximum absolute atomic E-state index is 11.4. The van der Waals surface area contributed by atoms with Gasteiger partial charge in [0.05, 0.1) is 17.7 Å². The molecule has 0 amide bonds. The molecule has 0 fully saturated rings. The molecule has 0 radical (unpaired) electrons. The zero-order valence-corrected chi connectivity index (χ0v) is 11.5. The first-order valence-corrected chi connectivity index (χ1v) is 6.60. The molecular weight excluding hydrogens is 246 g/mol. The Morgan fingerprint density at radius 3 is 2.83 bits per heavy atom. The Morgan fingerprint density at radius 2 is 2.11 bits per heavy atom. The number of methoxy groups -OCH3 is 1. The lowest BCUT2D eigenvalue weighted by atomic mass is 10.1. The maximum atomic E-state index is 11.4. The van der Waals surface area contributed by atoms with E-state index in [4.69, 9.17) is 4.74 Å². The second-order valence-corrected chi connectivity index (χ2v) is 5.44. The second kappa shape index (κ2) is 5.40. The highest BCUT2D eigenvalue weighted by Crippen LogP contribution is 2.26. The molecule has 2 rings (SSSR count). The van der Waals surface area contributed by atoms with Crippen molar-refractivity contribution in [2.24, 2.45) is 0 Å². The molecule has 4 heteroatoms. The van der Waals surface area contributed by atoms with E-state index in [9.17, 15) is 4.79 Å². The molecule has 2 aromatic rings. The summed E-state index contributed by atoms with van der Waals surface area (Å²) in [4.78, 5) is 15.9. The predicted octanol–water partition coefficient (Wildman–Crippen LogP) is 3.20. The summed E-state index contributed by atoms with van der Waals surface area (Å²) >= 11 is 1.42. The molecule has 18 heavy (non-hydrogen) atoms. The molecule has 0 spiro atoms. The van der Waals surface area contributed by atoms with Crippen LogP contribution in [0.1, 0.15) is 12.5 Å². The van der Waals surface area contributed by atoms with Gasteiger partial charge in [0.1, 0.15) is 5.25 Å². The third-order valence-corrected chi connectivity index (χ3v) is 3.73. The van der Waals surface area contributed by atoms with Crippen LogP contribution in [0.5, 0.6) is 0 Å². The molecular formula is C14H15NO2S. The lowest BCUT2D eigenvalue weighted by molar-refractivity contribution is -0.139. The van der Waals surface area contributed by atoms with Crippen molar-refractivity contribution in [1.82, 2.24) is 4.98 Å². The van der Waals surface area contributed by atoms with Gasteiger partial charge in [-0.05, 0) is 31.5 Å². The number of benzene rings is 1. The number of esters is 1. The predicted molar refractivity (Wildman–Crippen MR) is 73.8 cm³/mol. The van der Waals surface area contributed by atoms with Gasteiger partial charge in [-0.3, -0.25) is 4.79 Å². The van der Waals surface area contributed by atoms with E-state index in [-0.39, 0.29) is 11.2 Å². The van der Waals surface area contributed by atoms with Gasteiger partial charge >= 0.3 is 5.97 Å². The molecule has 0 aliphatic heterocycles. The van der Waals surface area contributed by atoms with Crippen LogP contribution in [0.2, 0.25) is 0 Å². The Kier molecular flexibility index (Phi) is 3.87. The second-order valence-electron chi connectivity index (χ2n) is 4.08. The van der Waals surface area contributed by atoms with Gasteiger partial charge in [-0.2, -0.15) is 0 Å². The van der Waals surface area contributed by atoms with Crippen molar-refractivity contribution in [3.63, 3.8) is 0 Å². The summed E-state index contributed by atoms with van der Waals surface area (Å²) in [6, 6.07) is 10.0. The maximum Gasteiger partial charge on any atom is 0.318 e. The number of fused-ring (bicyclic) bond motifs is 1. The number of pyridine rings is 1. The van der Waals surface area contributed by atoms with Crippen molar-refractivity contribution in [2.75, 3.05) is 7.11 Å². The summed E-state index contributed by atoms with van der Waals surface area (Å²) in [5.41, 5.74) is 2.12. The lowest BCUT2D eigenvalue weighted by Crippen LogP contribution is -2.14. The minimum Gasteiger partial charge on any atom is -0.468 e. The highest BCUT2D eigenvalue weighted by Gasteiger charge is 2.15. The van der Waals surface area contributed by atoms with E-state index in [1.165, 1.54) is 24.4 Å². The quantitative estimate of drug-likeness (QED) is 0.628. The van der Waals surface area contributed by atoms with E-state index < -0.39 is 0 Å². The highest BCUT2D eigenvalue weighted by atomic mass is 32.2. The Balaban J connectivity index is 2.32. The molecule has 0 aliphatic rings. The van der Waals surface area contributed by atoms with Gasteiger partial charge in [-0.15, -0.1) is 0 Å². The Bertz CT molecular complexity index is 583. The van der Waals surface area contributed by atoms with E-state index in [2.05, 4.69) is 18.0 Å². The van der Waals surface area contributed by atoms with Crippen LogP contribution >= 0.6 is 11.8 Å². The summed E-state index contributed by atoms with van der Waals surface area (Å²) in [6.07, 6.45) is 0. The zero-order valence-electron chi connectivity index (χ0n) is 10.6. The van der Waals surface area contributed by atoms with E-state index >= 15 is 0 Å². The molecule has 1 atom stereocenters. The number of ether oxygens (including phenoxy) is 1. The van der Waals surface area contributed by atoms with Crippen molar-refractivity contribution in [3.05, 3.63) is 35.9 Å².